The van der Waals surface area contributed by atoms with Crippen molar-refractivity contribution in [2.75, 3.05) is 19.7 Å². The maximum atomic E-state index is 12.5. The van der Waals surface area contributed by atoms with E-state index < -0.39 is 0 Å². The van der Waals surface area contributed by atoms with E-state index >= 15 is 0 Å². The number of aromatic nitrogens is 2. The van der Waals surface area contributed by atoms with Crippen LogP contribution in [0, 0.1) is 0 Å². The smallest absolute Gasteiger partial charge is 0.295 e. The molecule has 0 aromatic carbocycles. The first-order chi connectivity index (χ1) is 10.2. The standard InChI is InChI=1S/C14H24N4O3/c1-3-10(4-2)18(8-9-19)14(20)12-16-13(21-17-12)11-6-5-7-15-11/h10-11,15,19H,3-9H2,1-2H3. The molecule has 0 bridgehead atoms. The van der Waals surface area contributed by atoms with Crippen LogP contribution in [-0.4, -0.2) is 51.8 Å². The number of carbonyl (C=O) groups is 1. The third-order valence-electron chi connectivity index (χ3n) is 3.98. The van der Waals surface area contributed by atoms with Gasteiger partial charge in [-0.3, -0.25) is 4.79 Å². The van der Waals surface area contributed by atoms with Crippen LogP contribution < -0.4 is 5.32 Å². The third-order valence-corrected chi connectivity index (χ3v) is 3.98. The van der Waals surface area contributed by atoms with E-state index in [-0.39, 0.29) is 37.0 Å². The van der Waals surface area contributed by atoms with Crippen molar-refractivity contribution in [3.63, 3.8) is 0 Å². The van der Waals surface area contributed by atoms with E-state index in [4.69, 9.17) is 4.52 Å². The first-order valence-electron chi connectivity index (χ1n) is 7.70. The summed E-state index contributed by atoms with van der Waals surface area (Å²) in [6.07, 6.45) is 3.68. The fraction of sp³-hybridized carbons (Fsp3) is 0.786. The molecule has 1 unspecified atom stereocenters. The van der Waals surface area contributed by atoms with Gasteiger partial charge in [-0.15, -0.1) is 0 Å². The molecule has 1 aliphatic heterocycles. The second kappa shape index (κ2) is 7.51. The van der Waals surface area contributed by atoms with E-state index in [1.54, 1.807) is 4.90 Å². The molecule has 7 heteroatoms. The van der Waals surface area contributed by atoms with Gasteiger partial charge in [0.25, 0.3) is 11.7 Å². The normalized spacial score (nSPS) is 18.4. The lowest BCUT2D eigenvalue weighted by Gasteiger charge is -2.28. The van der Waals surface area contributed by atoms with Gasteiger partial charge in [-0.25, -0.2) is 0 Å². The van der Waals surface area contributed by atoms with Gasteiger partial charge in [-0.2, -0.15) is 4.98 Å². The lowest BCUT2D eigenvalue weighted by Crippen LogP contribution is -2.42. The molecular formula is C14H24N4O3. The molecule has 1 amide bonds. The topological polar surface area (TPSA) is 91.5 Å². The van der Waals surface area contributed by atoms with Crippen molar-refractivity contribution in [3.05, 3.63) is 11.7 Å². The Morgan fingerprint density at radius 1 is 1.52 bits per heavy atom. The number of aliphatic hydroxyl groups is 1. The van der Waals surface area contributed by atoms with Gasteiger partial charge >= 0.3 is 0 Å². The SMILES string of the molecule is CCC(CC)N(CCO)C(=O)c1noc(C2CCCN2)n1. The van der Waals surface area contributed by atoms with Crippen molar-refractivity contribution >= 4 is 5.91 Å². The molecular weight excluding hydrogens is 272 g/mol. The van der Waals surface area contributed by atoms with Crippen molar-refractivity contribution in [1.29, 1.82) is 0 Å². The summed E-state index contributed by atoms with van der Waals surface area (Å²) in [5.74, 6) is 0.286. The molecule has 1 aromatic heterocycles. The number of hydrogen-bond donors (Lipinski definition) is 2. The highest BCUT2D eigenvalue weighted by molar-refractivity contribution is 5.90. The molecule has 1 atom stereocenters. The van der Waals surface area contributed by atoms with E-state index in [2.05, 4.69) is 15.5 Å². The Hall–Kier alpha value is -1.47. The molecule has 1 aromatic rings. The fourth-order valence-corrected chi connectivity index (χ4v) is 2.77. The Kier molecular flexibility index (Phi) is 5.69. The Morgan fingerprint density at radius 2 is 2.29 bits per heavy atom. The minimum atomic E-state index is -0.272. The molecule has 7 nitrogen and oxygen atoms in total. The Bertz CT molecular complexity index is 453. The van der Waals surface area contributed by atoms with Crippen LogP contribution in [0.15, 0.2) is 4.52 Å². The molecule has 1 aliphatic rings. The van der Waals surface area contributed by atoms with Gasteiger partial charge in [0, 0.05) is 12.6 Å². The van der Waals surface area contributed by atoms with Crippen LogP contribution >= 0.6 is 0 Å². The maximum Gasteiger partial charge on any atom is 0.295 e. The highest BCUT2D eigenvalue weighted by Crippen LogP contribution is 2.21. The predicted octanol–water partition coefficient (Wildman–Crippen LogP) is 1.12. The van der Waals surface area contributed by atoms with Gasteiger partial charge in [0.05, 0.1) is 12.6 Å². The number of carbonyl (C=O) groups excluding carboxylic acids is 1. The van der Waals surface area contributed by atoms with Crippen LogP contribution in [0.5, 0.6) is 0 Å². The second-order valence-corrected chi connectivity index (χ2v) is 5.30. The van der Waals surface area contributed by atoms with E-state index in [1.165, 1.54) is 0 Å². The van der Waals surface area contributed by atoms with Crippen LogP contribution in [0.2, 0.25) is 0 Å². The van der Waals surface area contributed by atoms with E-state index in [1.807, 2.05) is 13.8 Å². The van der Waals surface area contributed by atoms with Crippen molar-refractivity contribution in [3.8, 4) is 0 Å². The number of rotatable bonds is 7. The Morgan fingerprint density at radius 3 is 2.86 bits per heavy atom. The molecule has 2 rings (SSSR count). The van der Waals surface area contributed by atoms with Crippen LogP contribution in [0.25, 0.3) is 0 Å². The number of amides is 1. The summed E-state index contributed by atoms with van der Waals surface area (Å²) in [6.45, 7) is 5.19. The van der Waals surface area contributed by atoms with Gasteiger partial charge < -0.3 is 19.8 Å². The average Bonchev–Trinajstić information content (AvgIpc) is 3.17. The average molecular weight is 296 g/mol. The van der Waals surface area contributed by atoms with Crippen LogP contribution in [-0.2, 0) is 0 Å². The van der Waals surface area contributed by atoms with Crippen LogP contribution in [0.4, 0.5) is 0 Å². The minimum absolute atomic E-state index is 0.0542. The summed E-state index contributed by atoms with van der Waals surface area (Å²) >= 11 is 0. The van der Waals surface area contributed by atoms with E-state index in [0.29, 0.717) is 5.89 Å². The lowest BCUT2D eigenvalue weighted by molar-refractivity contribution is 0.0606. The molecule has 118 valence electrons. The molecule has 2 N–H and O–H groups in total. The summed E-state index contributed by atoms with van der Waals surface area (Å²) in [4.78, 5) is 18.4. The largest absolute Gasteiger partial charge is 0.395 e. The van der Waals surface area contributed by atoms with Gasteiger partial charge in [0.15, 0.2) is 0 Å². The summed E-state index contributed by atoms with van der Waals surface area (Å²) in [5.41, 5.74) is 0. The van der Waals surface area contributed by atoms with E-state index in [9.17, 15) is 9.90 Å². The monoisotopic (exact) mass is 296 g/mol. The molecule has 1 fully saturated rings. The molecule has 0 radical (unpaired) electrons. The third kappa shape index (κ3) is 3.59. The fourth-order valence-electron chi connectivity index (χ4n) is 2.77. The van der Waals surface area contributed by atoms with Gasteiger partial charge in [-0.1, -0.05) is 19.0 Å². The number of nitrogens with one attached hydrogen (secondary N) is 1. The van der Waals surface area contributed by atoms with Crippen LogP contribution in [0.3, 0.4) is 0 Å². The summed E-state index contributed by atoms with van der Waals surface area (Å²) in [5, 5.41) is 16.3. The minimum Gasteiger partial charge on any atom is -0.395 e. The van der Waals surface area contributed by atoms with Crippen LogP contribution in [0.1, 0.15) is 62.1 Å². The van der Waals surface area contributed by atoms with Crippen molar-refractivity contribution in [2.24, 2.45) is 0 Å². The molecule has 2 heterocycles. The highest BCUT2D eigenvalue weighted by Gasteiger charge is 2.28. The molecule has 1 saturated heterocycles. The zero-order chi connectivity index (χ0) is 15.2. The Labute approximate surface area is 124 Å². The number of nitrogens with zero attached hydrogens (tertiary/aromatic N) is 3. The second-order valence-electron chi connectivity index (χ2n) is 5.30. The first-order valence-corrected chi connectivity index (χ1v) is 7.70. The van der Waals surface area contributed by atoms with Gasteiger partial charge in [0.2, 0.25) is 5.89 Å². The van der Waals surface area contributed by atoms with Crippen molar-refractivity contribution in [2.45, 2.75) is 51.6 Å². The maximum absolute atomic E-state index is 12.5. The number of hydrogen-bond acceptors (Lipinski definition) is 6. The zero-order valence-corrected chi connectivity index (χ0v) is 12.7. The summed E-state index contributed by atoms with van der Waals surface area (Å²) in [6, 6.07) is 0.134. The molecule has 0 spiro atoms. The predicted molar refractivity (Wildman–Crippen MR) is 76.8 cm³/mol. The van der Waals surface area contributed by atoms with E-state index in [0.717, 1.165) is 32.2 Å². The molecule has 21 heavy (non-hydrogen) atoms. The highest BCUT2D eigenvalue weighted by atomic mass is 16.5. The Balaban J connectivity index is 2.12. The lowest BCUT2D eigenvalue weighted by atomic mass is 10.1. The van der Waals surface area contributed by atoms with Gasteiger partial charge in [-0.05, 0) is 32.2 Å². The summed E-state index contributed by atoms with van der Waals surface area (Å²) in [7, 11) is 0. The summed E-state index contributed by atoms with van der Waals surface area (Å²) < 4.78 is 5.21. The number of aliphatic hydroxyl groups excluding tert-OH is 1. The first kappa shape index (κ1) is 15.9. The quantitative estimate of drug-likeness (QED) is 0.783. The van der Waals surface area contributed by atoms with Crippen molar-refractivity contribution < 1.29 is 14.4 Å². The van der Waals surface area contributed by atoms with Gasteiger partial charge in [0.1, 0.15) is 0 Å². The van der Waals surface area contributed by atoms with Crippen molar-refractivity contribution in [1.82, 2.24) is 20.4 Å². The molecule has 0 saturated carbocycles. The zero-order valence-electron chi connectivity index (χ0n) is 12.7. The molecule has 0 aliphatic carbocycles.